The highest BCUT2D eigenvalue weighted by molar-refractivity contribution is 9.10. The van der Waals surface area contributed by atoms with E-state index in [2.05, 4.69) is 20.9 Å². The Hall–Kier alpha value is -4.05. The van der Waals surface area contributed by atoms with E-state index in [4.69, 9.17) is 14.2 Å². The summed E-state index contributed by atoms with van der Waals surface area (Å²) in [5.41, 5.74) is 1.36. The average molecular weight is 553 g/mol. The van der Waals surface area contributed by atoms with E-state index in [1.54, 1.807) is 48.8 Å². The third-order valence-electron chi connectivity index (χ3n) is 6.02. The van der Waals surface area contributed by atoms with E-state index in [0.29, 0.717) is 45.9 Å². The first-order chi connectivity index (χ1) is 17.4. The van der Waals surface area contributed by atoms with Gasteiger partial charge in [0.05, 0.1) is 23.2 Å². The number of ether oxygens (including phenoxy) is 3. The minimum atomic E-state index is -0.968. The number of likely N-dealkylation sites (tertiary alicyclic amines) is 1. The van der Waals surface area contributed by atoms with Gasteiger partial charge in [0.15, 0.2) is 23.0 Å². The van der Waals surface area contributed by atoms with Gasteiger partial charge >= 0.3 is 0 Å². The molecule has 0 aliphatic carbocycles. The molecule has 1 fully saturated rings. The molecule has 10 heteroatoms. The molecule has 184 valence electrons. The van der Waals surface area contributed by atoms with Crippen LogP contribution in [-0.2, 0) is 16.1 Å². The number of nitrogens with zero attached hydrogens (tertiary/aromatic N) is 2. The van der Waals surface area contributed by atoms with E-state index in [9.17, 15) is 19.8 Å². The topological polar surface area (TPSA) is 118 Å². The molecule has 2 aromatic carbocycles. The first-order valence-electron chi connectivity index (χ1n) is 11.0. The van der Waals surface area contributed by atoms with Crippen molar-refractivity contribution in [2.24, 2.45) is 0 Å². The number of hydrogen-bond donors (Lipinski definition) is 2. The number of methoxy groups -OCH3 is 1. The van der Waals surface area contributed by atoms with E-state index in [1.165, 1.54) is 18.1 Å². The molecule has 1 atom stereocenters. The van der Waals surface area contributed by atoms with Gasteiger partial charge in [0.1, 0.15) is 19.0 Å². The predicted molar refractivity (Wildman–Crippen MR) is 132 cm³/mol. The number of phenols is 1. The predicted octanol–water partition coefficient (Wildman–Crippen LogP) is 3.95. The smallest absolute Gasteiger partial charge is 0.295 e. The summed E-state index contributed by atoms with van der Waals surface area (Å²) in [6.45, 7) is 0.838. The first-order valence-corrected chi connectivity index (χ1v) is 11.8. The summed E-state index contributed by atoms with van der Waals surface area (Å²) in [4.78, 5) is 32.0. The maximum atomic E-state index is 13.3. The second-order valence-corrected chi connectivity index (χ2v) is 9.05. The molecule has 0 spiro atoms. The van der Waals surface area contributed by atoms with Crippen molar-refractivity contribution in [3.8, 4) is 23.0 Å². The molecule has 0 saturated carbocycles. The summed E-state index contributed by atoms with van der Waals surface area (Å²) in [7, 11) is 1.40. The van der Waals surface area contributed by atoms with Crippen molar-refractivity contribution < 1.29 is 34.0 Å². The zero-order valence-electron chi connectivity index (χ0n) is 19.1. The molecule has 1 amide bonds. The number of rotatable bonds is 5. The molecule has 0 radical (unpaired) electrons. The maximum absolute atomic E-state index is 13.3. The van der Waals surface area contributed by atoms with Gasteiger partial charge in [-0.2, -0.15) is 0 Å². The van der Waals surface area contributed by atoms with Gasteiger partial charge in [-0.05, 0) is 63.5 Å². The molecule has 9 nitrogen and oxygen atoms in total. The van der Waals surface area contributed by atoms with Crippen LogP contribution in [0.15, 0.2) is 64.9 Å². The van der Waals surface area contributed by atoms with Crippen LogP contribution >= 0.6 is 15.9 Å². The van der Waals surface area contributed by atoms with Crippen molar-refractivity contribution in [2.75, 3.05) is 20.3 Å². The van der Waals surface area contributed by atoms with Gasteiger partial charge in [-0.15, -0.1) is 0 Å². The van der Waals surface area contributed by atoms with Crippen molar-refractivity contribution in [3.05, 3.63) is 81.6 Å². The molecule has 2 aliphatic rings. The second-order valence-electron chi connectivity index (χ2n) is 8.20. The van der Waals surface area contributed by atoms with E-state index in [1.807, 2.05) is 0 Å². The summed E-state index contributed by atoms with van der Waals surface area (Å²) < 4.78 is 16.8. The number of pyridine rings is 1. The van der Waals surface area contributed by atoms with Crippen molar-refractivity contribution in [1.29, 1.82) is 0 Å². The third kappa shape index (κ3) is 4.13. The van der Waals surface area contributed by atoms with E-state index < -0.39 is 17.7 Å². The quantitative estimate of drug-likeness (QED) is 0.277. The van der Waals surface area contributed by atoms with Gasteiger partial charge in [-0.3, -0.25) is 14.6 Å². The molecular weight excluding hydrogens is 532 g/mol. The van der Waals surface area contributed by atoms with Crippen molar-refractivity contribution in [3.63, 3.8) is 0 Å². The maximum Gasteiger partial charge on any atom is 0.295 e. The van der Waals surface area contributed by atoms with Crippen LogP contribution in [0.5, 0.6) is 23.0 Å². The van der Waals surface area contributed by atoms with Crippen LogP contribution in [-0.4, -0.2) is 52.1 Å². The van der Waals surface area contributed by atoms with E-state index >= 15 is 0 Å². The van der Waals surface area contributed by atoms with Crippen LogP contribution in [0, 0.1) is 0 Å². The van der Waals surface area contributed by atoms with Crippen molar-refractivity contribution >= 4 is 33.4 Å². The number of Topliss-reactive ketones (excluding diaryl/α,β-unsaturated/α-hetero) is 1. The summed E-state index contributed by atoms with van der Waals surface area (Å²) in [5.74, 6) is -0.986. The van der Waals surface area contributed by atoms with Crippen LogP contribution in [0.3, 0.4) is 0 Å². The molecular formula is C26H21BrN2O7. The number of aliphatic hydroxyl groups is 1. The fraction of sp³-hybridized carbons (Fsp3) is 0.192. The second kappa shape index (κ2) is 9.54. The normalized spacial score (nSPS) is 18.4. The summed E-state index contributed by atoms with van der Waals surface area (Å²) >= 11 is 3.31. The third-order valence-corrected chi connectivity index (χ3v) is 6.62. The van der Waals surface area contributed by atoms with E-state index in [0.717, 1.165) is 0 Å². The van der Waals surface area contributed by atoms with Crippen LogP contribution in [0.4, 0.5) is 0 Å². The van der Waals surface area contributed by atoms with Crippen LogP contribution in [0.2, 0.25) is 0 Å². The summed E-state index contributed by atoms with van der Waals surface area (Å²) in [6.07, 6.45) is 3.21. The van der Waals surface area contributed by atoms with Gasteiger partial charge in [0.2, 0.25) is 0 Å². The van der Waals surface area contributed by atoms with Gasteiger partial charge in [0, 0.05) is 24.5 Å². The molecule has 3 aromatic rings. The minimum absolute atomic E-state index is 0.0712. The molecule has 36 heavy (non-hydrogen) atoms. The Morgan fingerprint density at radius 2 is 1.94 bits per heavy atom. The Kier molecular flexibility index (Phi) is 6.27. The van der Waals surface area contributed by atoms with Gasteiger partial charge in [-0.1, -0.05) is 6.07 Å². The van der Waals surface area contributed by atoms with Crippen LogP contribution in [0.25, 0.3) is 5.76 Å². The lowest BCUT2D eigenvalue weighted by molar-refractivity contribution is -0.140. The molecule has 1 saturated heterocycles. The molecule has 0 bridgehead atoms. The first kappa shape index (κ1) is 23.7. The fourth-order valence-electron chi connectivity index (χ4n) is 4.33. The van der Waals surface area contributed by atoms with Gasteiger partial charge < -0.3 is 29.3 Å². The van der Waals surface area contributed by atoms with Crippen LogP contribution < -0.4 is 14.2 Å². The number of hydrogen-bond acceptors (Lipinski definition) is 8. The number of benzene rings is 2. The number of phenolic OH excluding ortho intramolecular Hbond substituents is 1. The van der Waals surface area contributed by atoms with Crippen molar-refractivity contribution in [2.45, 2.75) is 12.6 Å². The monoisotopic (exact) mass is 552 g/mol. The number of aliphatic hydroxyl groups excluding tert-OH is 1. The van der Waals surface area contributed by atoms with Gasteiger partial charge in [-0.25, -0.2) is 0 Å². The summed E-state index contributed by atoms with van der Waals surface area (Å²) in [5, 5.41) is 21.7. The fourth-order valence-corrected chi connectivity index (χ4v) is 4.79. The minimum Gasteiger partial charge on any atom is -0.507 e. The number of halogens is 1. The molecule has 2 N–H and O–H groups in total. The number of amides is 1. The van der Waals surface area contributed by atoms with Gasteiger partial charge in [0.25, 0.3) is 11.7 Å². The Labute approximate surface area is 214 Å². The molecule has 0 unspecified atom stereocenters. The number of aromatic hydroxyl groups is 1. The average Bonchev–Trinajstić information content (AvgIpc) is 3.15. The number of aromatic nitrogens is 1. The lowest BCUT2D eigenvalue weighted by Gasteiger charge is -2.26. The summed E-state index contributed by atoms with van der Waals surface area (Å²) in [6, 6.07) is 10.5. The molecule has 2 aliphatic heterocycles. The largest absolute Gasteiger partial charge is 0.507 e. The lowest BCUT2D eigenvalue weighted by atomic mass is 9.94. The molecule has 1 aromatic heterocycles. The highest BCUT2D eigenvalue weighted by Gasteiger charge is 2.46. The standard InChI is InChI=1S/C26H21BrN2O7/c1-34-20-11-16(9-17(27)24(20)31)22-21(23(30)15-4-5-18-19(10-15)36-8-7-35-18)25(32)26(33)29(22)13-14-3-2-6-28-12-14/h2-6,9-12,22,30-31H,7-8,13H2,1H3/b23-21+/t22-/m1/s1. The zero-order chi connectivity index (χ0) is 25.4. The molecule has 3 heterocycles. The SMILES string of the molecule is COc1cc([C@@H]2/C(=C(\O)c3ccc4c(c3)OCCO4)C(=O)C(=O)N2Cc2cccnc2)cc(Br)c1O. The van der Waals surface area contributed by atoms with E-state index in [-0.39, 0.29) is 29.4 Å². The van der Waals surface area contributed by atoms with Crippen molar-refractivity contribution in [1.82, 2.24) is 9.88 Å². The number of fused-ring (bicyclic) bond motifs is 1. The van der Waals surface area contributed by atoms with Crippen LogP contribution in [0.1, 0.15) is 22.7 Å². The number of carbonyl (C=O) groups is 2. The number of ketones is 1. The zero-order valence-corrected chi connectivity index (χ0v) is 20.7. The highest BCUT2D eigenvalue weighted by atomic mass is 79.9. The lowest BCUT2D eigenvalue weighted by Crippen LogP contribution is -2.29. The Balaban J connectivity index is 1.68. The highest BCUT2D eigenvalue weighted by Crippen LogP contribution is 2.45. The number of carbonyl (C=O) groups excluding carboxylic acids is 2. The Morgan fingerprint density at radius 1 is 1.17 bits per heavy atom. The molecule has 5 rings (SSSR count). The Morgan fingerprint density at radius 3 is 2.67 bits per heavy atom. The Bertz CT molecular complexity index is 1390.